The summed E-state index contributed by atoms with van der Waals surface area (Å²) in [6.45, 7) is 4.91. The molecule has 0 aromatic heterocycles. The summed E-state index contributed by atoms with van der Waals surface area (Å²) in [6.07, 6.45) is 3.38. The van der Waals surface area contributed by atoms with Crippen molar-refractivity contribution in [2.45, 2.75) is 46.0 Å². The molecular formula is C30H34ClNO3. The van der Waals surface area contributed by atoms with Crippen LogP contribution in [0.5, 0.6) is 0 Å². The zero-order valence-corrected chi connectivity index (χ0v) is 21.2. The van der Waals surface area contributed by atoms with E-state index in [9.17, 15) is 14.7 Å². The van der Waals surface area contributed by atoms with Crippen LogP contribution >= 0.6 is 11.6 Å². The lowest BCUT2D eigenvalue weighted by Gasteiger charge is -2.13. The molecule has 0 spiro atoms. The zero-order chi connectivity index (χ0) is 25.2. The molecule has 0 saturated heterocycles. The van der Waals surface area contributed by atoms with Crippen molar-refractivity contribution < 1.29 is 14.7 Å². The Morgan fingerprint density at radius 1 is 0.829 bits per heavy atom. The number of carbonyl (C=O) groups excluding carboxylic acids is 1. The van der Waals surface area contributed by atoms with Crippen molar-refractivity contribution in [3.8, 4) is 11.1 Å². The highest BCUT2D eigenvalue weighted by atomic mass is 35.5. The molecule has 3 rings (SSSR count). The summed E-state index contributed by atoms with van der Waals surface area (Å²) in [5, 5.41) is 13.4. The van der Waals surface area contributed by atoms with E-state index in [1.54, 1.807) is 6.07 Å². The van der Waals surface area contributed by atoms with Gasteiger partial charge in [-0.15, -0.1) is 0 Å². The number of hydrogen-bond donors (Lipinski definition) is 2. The molecule has 3 aromatic rings. The number of benzene rings is 3. The second-order valence-corrected chi connectivity index (χ2v) is 9.89. The predicted octanol–water partition coefficient (Wildman–Crippen LogP) is 7.05. The number of carbonyl (C=O) groups is 2. The number of halogens is 1. The van der Waals surface area contributed by atoms with Crippen molar-refractivity contribution in [2.24, 2.45) is 11.8 Å². The summed E-state index contributed by atoms with van der Waals surface area (Å²) in [4.78, 5) is 24.3. The molecule has 5 heteroatoms. The first-order valence-electron chi connectivity index (χ1n) is 12.3. The maximum atomic E-state index is 12.4. The molecule has 3 aromatic carbocycles. The van der Waals surface area contributed by atoms with E-state index in [-0.39, 0.29) is 5.91 Å². The standard InChI is InChI=1S/C30H34ClNO3/c1-21(2)18-19-32-29(33)27-5-3-4-23(20-27)9-13-26(30(34)35)12-8-22-6-10-24(11-7-22)25-14-16-28(31)17-15-25/h3-7,10-11,14-17,20-21,26H,8-9,12-13,18-19H2,1-2H3,(H,32,33)(H,34,35). The molecule has 0 aliphatic rings. The summed E-state index contributed by atoms with van der Waals surface area (Å²) < 4.78 is 0. The van der Waals surface area contributed by atoms with Crippen LogP contribution in [0.1, 0.15) is 54.6 Å². The van der Waals surface area contributed by atoms with Crippen LogP contribution in [-0.2, 0) is 17.6 Å². The number of rotatable bonds is 12. The predicted molar refractivity (Wildman–Crippen MR) is 143 cm³/mol. The topological polar surface area (TPSA) is 66.4 Å². The van der Waals surface area contributed by atoms with E-state index in [4.69, 9.17) is 11.6 Å². The van der Waals surface area contributed by atoms with Gasteiger partial charge in [0.2, 0.25) is 0 Å². The van der Waals surface area contributed by atoms with Gasteiger partial charge in [-0.1, -0.05) is 74.0 Å². The minimum Gasteiger partial charge on any atom is -0.481 e. The van der Waals surface area contributed by atoms with E-state index in [0.29, 0.717) is 48.7 Å². The van der Waals surface area contributed by atoms with Gasteiger partial charge >= 0.3 is 5.97 Å². The van der Waals surface area contributed by atoms with Gasteiger partial charge < -0.3 is 10.4 Å². The lowest BCUT2D eigenvalue weighted by atomic mass is 9.92. The van der Waals surface area contributed by atoms with Crippen LogP contribution in [0.4, 0.5) is 0 Å². The van der Waals surface area contributed by atoms with Gasteiger partial charge in [0.25, 0.3) is 5.91 Å². The van der Waals surface area contributed by atoms with Gasteiger partial charge in [0.15, 0.2) is 0 Å². The smallest absolute Gasteiger partial charge is 0.306 e. The van der Waals surface area contributed by atoms with Crippen LogP contribution < -0.4 is 5.32 Å². The molecule has 1 unspecified atom stereocenters. The Labute approximate surface area is 213 Å². The molecule has 1 atom stereocenters. The molecule has 0 heterocycles. The molecule has 4 nitrogen and oxygen atoms in total. The molecule has 0 aliphatic heterocycles. The van der Waals surface area contributed by atoms with Crippen LogP contribution in [0.2, 0.25) is 5.02 Å². The van der Waals surface area contributed by atoms with Crippen LogP contribution in [0.15, 0.2) is 72.8 Å². The Bertz CT molecular complexity index is 1110. The monoisotopic (exact) mass is 491 g/mol. The van der Waals surface area contributed by atoms with Gasteiger partial charge in [-0.05, 0) is 84.5 Å². The number of hydrogen-bond acceptors (Lipinski definition) is 2. The maximum absolute atomic E-state index is 12.4. The van der Waals surface area contributed by atoms with Crippen molar-refractivity contribution >= 4 is 23.5 Å². The second kappa shape index (κ2) is 13.1. The van der Waals surface area contributed by atoms with Gasteiger partial charge in [-0.3, -0.25) is 9.59 Å². The first-order chi connectivity index (χ1) is 16.8. The van der Waals surface area contributed by atoms with E-state index in [1.165, 1.54) is 0 Å². The third-order valence-corrected chi connectivity index (χ3v) is 6.49. The van der Waals surface area contributed by atoms with Gasteiger partial charge in [0.05, 0.1) is 5.92 Å². The average molecular weight is 492 g/mol. The fourth-order valence-corrected chi connectivity index (χ4v) is 4.15. The fourth-order valence-electron chi connectivity index (χ4n) is 4.02. The number of carboxylic acids is 1. The molecule has 184 valence electrons. The molecule has 0 radical (unpaired) electrons. The largest absolute Gasteiger partial charge is 0.481 e. The molecule has 1 amide bonds. The van der Waals surface area contributed by atoms with Gasteiger partial charge in [0.1, 0.15) is 0 Å². The second-order valence-electron chi connectivity index (χ2n) is 9.46. The zero-order valence-electron chi connectivity index (χ0n) is 20.5. The summed E-state index contributed by atoms with van der Waals surface area (Å²) >= 11 is 5.97. The third-order valence-electron chi connectivity index (χ3n) is 6.24. The van der Waals surface area contributed by atoms with Crippen molar-refractivity contribution in [3.63, 3.8) is 0 Å². The van der Waals surface area contributed by atoms with Crippen LogP contribution in [-0.4, -0.2) is 23.5 Å². The average Bonchev–Trinajstić information content (AvgIpc) is 2.84. The van der Waals surface area contributed by atoms with Crippen LogP contribution in [0.3, 0.4) is 0 Å². The normalized spacial score (nSPS) is 11.9. The highest BCUT2D eigenvalue weighted by molar-refractivity contribution is 6.30. The van der Waals surface area contributed by atoms with Crippen molar-refractivity contribution in [2.75, 3.05) is 6.54 Å². The molecule has 0 fully saturated rings. The fraction of sp³-hybridized carbons (Fsp3) is 0.333. The summed E-state index contributed by atoms with van der Waals surface area (Å²) in [5.41, 5.74) is 4.93. The number of carboxylic acid groups (broad SMARTS) is 1. The Morgan fingerprint density at radius 3 is 2.03 bits per heavy atom. The number of aliphatic carboxylic acids is 1. The van der Waals surface area contributed by atoms with E-state index in [2.05, 4.69) is 43.4 Å². The Balaban J connectivity index is 1.53. The highest BCUT2D eigenvalue weighted by Crippen LogP contribution is 2.23. The molecule has 0 aliphatic carbocycles. The van der Waals surface area contributed by atoms with Gasteiger partial charge in [-0.2, -0.15) is 0 Å². The van der Waals surface area contributed by atoms with Gasteiger partial charge in [-0.25, -0.2) is 0 Å². The summed E-state index contributed by atoms with van der Waals surface area (Å²) in [5.74, 6) is -0.750. The molecule has 2 N–H and O–H groups in total. The van der Waals surface area contributed by atoms with Crippen molar-refractivity contribution in [3.05, 3.63) is 94.5 Å². The lowest BCUT2D eigenvalue weighted by molar-refractivity contribution is -0.142. The maximum Gasteiger partial charge on any atom is 0.306 e. The number of aryl methyl sites for hydroxylation is 2. The SMILES string of the molecule is CC(C)CCNC(=O)c1cccc(CCC(CCc2ccc(-c3ccc(Cl)cc3)cc2)C(=O)O)c1. The van der Waals surface area contributed by atoms with E-state index in [0.717, 1.165) is 28.7 Å². The Hall–Kier alpha value is -3.11. The van der Waals surface area contributed by atoms with Crippen molar-refractivity contribution in [1.29, 1.82) is 0 Å². The quantitative estimate of drug-likeness (QED) is 0.285. The molecule has 0 saturated carbocycles. The van der Waals surface area contributed by atoms with E-state index in [1.807, 2.05) is 42.5 Å². The Morgan fingerprint density at radius 2 is 1.43 bits per heavy atom. The minimum atomic E-state index is -0.773. The number of amides is 1. The third kappa shape index (κ3) is 8.56. The number of nitrogens with one attached hydrogen (secondary N) is 1. The van der Waals surface area contributed by atoms with E-state index >= 15 is 0 Å². The Kier molecular flexibility index (Phi) is 9.92. The van der Waals surface area contributed by atoms with Crippen LogP contribution in [0, 0.1) is 11.8 Å². The lowest BCUT2D eigenvalue weighted by Crippen LogP contribution is -2.25. The van der Waals surface area contributed by atoms with Crippen LogP contribution in [0.25, 0.3) is 11.1 Å². The minimum absolute atomic E-state index is 0.0793. The molecule has 0 bridgehead atoms. The van der Waals surface area contributed by atoms with Crippen molar-refractivity contribution in [1.82, 2.24) is 5.32 Å². The summed E-state index contributed by atoms with van der Waals surface area (Å²) in [7, 11) is 0. The molecule has 35 heavy (non-hydrogen) atoms. The van der Waals surface area contributed by atoms with E-state index < -0.39 is 11.9 Å². The van der Waals surface area contributed by atoms with Gasteiger partial charge in [0, 0.05) is 17.1 Å². The highest BCUT2D eigenvalue weighted by Gasteiger charge is 2.18. The first-order valence-corrected chi connectivity index (χ1v) is 12.6. The summed E-state index contributed by atoms with van der Waals surface area (Å²) in [6, 6.07) is 23.5. The first kappa shape index (κ1) is 26.5. The molecular weight excluding hydrogens is 458 g/mol.